The lowest BCUT2D eigenvalue weighted by Gasteiger charge is -2.38. The van der Waals surface area contributed by atoms with Crippen LogP contribution in [0.2, 0.25) is 0 Å². The summed E-state index contributed by atoms with van der Waals surface area (Å²) in [5.41, 5.74) is 0. The van der Waals surface area contributed by atoms with Crippen molar-refractivity contribution in [3.8, 4) is 0 Å². The number of aliphatic hydroxyl groups is 4. The van der Waals surface area contributed by atoms with Crippen molar-refractivity contribution in [2.45, 2.75) is 0 Å². The molecule has 1 unspecified atom stereocenters. The van der Waals surface area contributed by atoms with Gasteiger partial charge in [-0.15, -0.1) is 0 Å². The predicted octanol–water partition coefficient (Wildman–Crippen LogP) is -3.60. The van der Waals surface area contributed by atoms with E-state index in [9.17, 15) is 20.1 Å². The van der Waals surface area contributed by atoms with Crippen molar-refractivity contribution in [2.24, 2.45) is 0 Å². The molecule has 0 fully saturated rings. The Balaban J connectivity index is 5.29. The first kappa shape index (κ1) is 20.3. The van der Waals surface area contributed by atoms with Gasteiger partial charge in [0.1, 0.15) is 12.5 Å². The molecule has 0 aromatic heterocycles. The summed E-state index contributed by atoms with van der Waals surface area (Å²) in [6.45, 7) is 0. The third kappa shape index (κ3) is 4.91. The first-order valence-electron chi connectivity index (χ1n) is 5.56. The van der Waals surface area contributed by atoms with Crippen LogP contribution in [0.25, 0.3) is 0 Å². The summed E-state index contributed by atoms with van der Waals surface area (Å²) in [5, 5.41) is 37.2. The molecule has 0 aliphatic heterocycles. The normalized spacial score (nSPS) is 16.2. The fourth-order valence-electron chi connectivity index (χ4n) is 1.24. The van der Waals surface area contributed by atoms with Crippen LogP contribution < -0.4 is 0 Å². The van der Waals surface area contributed by atoms with Gasteiger partial charge in [0.2, 0.25) is 0 Å². The zero-order chi connectivity index (χ0) is 15.9. The van der Waals surface area contributed by atoms with Crippen LogP contribution in [0.3, 0.4) is 0 Å². The van der Waals surface area contributed by atoms with E-state index in [2.05, 4.69) is 4.43 Å². The molecule has 0 rings (SSSR count). The Labute approximate surface area is 120 Å². The van der Waals surface area contributed by atoms with Crippen LogP contribution in [0.5, 0.6) is 0 Å². The average Bonchev–Trinajstić information content (AvgIpc) is 2.51. The molecule has 20 heavy (non-hydrogen) atoms. The summed E-state index contributed by atoms with van der Waals surface area (Å²) in [6, 6.07) is 0. The van der Waals surface area contributed by atoms with Crippen LogP contribution in [-0.2, 0) is 21.5 Å². The summed E-state index contributed by atoms with van der Waals surface area (Å²) in [7, 11) is -7.85. The molecule has 0 aromatic carbocycles. The van der Waals surface area contributed by atoms with Gasteiger partial charge in [0.15, 0.2) is 0 Å². The molecular weight excluding hydrogens is 328 g/mol. The second kappa shape index (κ2) is 8.63. The predicted molar refractivity (Wildman–Crippen MR) is 71.0 cm³/mol. The van der Waals surface area contributed by atoms with Gasteiger partial charge in [-0.3, -0.25) is 0 Å². The van der Waals surface area contributed by atoms with Crippen molar-refractivity contribution in [1.29, 1.82) is 0 Å². The van der Waals surface area contributed by atoms with E-state index in [1.165, 1.54) is 14.2 Å². The Morgan fingerprint density at radius 2 is 1.20 bits per heavy atom. The largest absolute Gasteiger partial charge is 0.518 e. The molecule has 0 radical (unpaired) electrons. The van der Waals surface area contributed by atoms with Crippen molar-refractivity contribution in [3.63, 3.8) is 0 Å². The highest BCUT2D eigenvalue weighted by molar-refractivity contribution is 6.83. The average molecular weight is 351 g/mol. The fraction of sp³-hybridized carbons (Fsp3) is 1.00. The van der Waals surface area contributed by atoms with Crippen molar-refractivity contribution in [1.82, 2.24) is 0 Å². The first-order chi connectivity index (χ1) is 9.34. The monoisotopic (exact) mass is 350 g/mol. The van der Waals surface area contributed by atoms with Gasteiger partial charge in [-0.25, -0.2) is 0 Å². The van der Waals surface area contributed by atoms with Gasteiger partial charge in [0.05, 0.1) is 12.5 Å². The van der Waals surface area contributed by atoms with Crippen LogP contribution in [0.4, 0.5) is 0 Å². The molecule has 0 aliphatic rings. The van der Waals surface area contributed by atoms with E-state index in [4.69, 9.17) is 22.2 Å². The van der Waals surface area contributed by atoms with E-state index in [0.29, 0.717) is 0 Å². The van der Waals surface area contributed by atoms with E-state index in [1.807, 2.05) is 0 Å². The summed E-state index contributed by atoms with van der Waals surface area (Å²) in [6.07, 6.45) is -2.97. The molecule has 0 bridgehead atoms. The number of aliphatic hydroxyl groups excluding tert-OH is 4. The van der Waals surface area contributed by atoms with Crippen LogP contribution in [-0.4, -0.2) is 97.6 Å². The van der Waals surface area contributed by atoms with Crippen LogP contribution in [0.15, 0.2) is 0 Å². The lowest BCUT2D eigenvalue weighted by molar-refractivity contribution is 0.0776. The van der Waals surface area contributed by atoms with Gasteiger partial charge < -0.3 is 46.7 Å². The van der Waals surface area contributed by atoms with Gasteiger partial charge in [0.25, 0.3) is 0 Å². The van der Waals surface area contributed by atoms with Gasteiger partial charge in [-0.05, 0) is 0 Å². The van der Waals surface area contributed by atoms with E-state index in [1.54, 1.807) is 0 Å². The zero-order valence-electron chi connectivity index (χ0n) is 11.6. The van der Waals surface area contributed by atoms with Crippen LogP contribution >= 0.6 is 0 Å². The standard InChI is InChI=1S/C7H22O10Si3/c1-13-19(12,6-10)16-18(4-8,5-9)17-20(7-11,14-2)15-3/h8-12H,4-7H2,1-3H3. The summed E-state index contributed by atoms with van der Waals surface area (Å²) in [5.74, 6) is 0. The molecular formula is C7H22O10Si3. The van der Waals surface area contributed by atoms with Crippen molar-refractivity contribution >= 4 is 26.2 Å². The minimum Gasteiger partial charge on any atom is -0.394 e. The third-order valence-electron chi connectivity index (χ3n) is 2.50. The molecule has 0 saturated carbocycles. The minimum absolute atomic E-state index is 0.621. The molecule has 0 amide bonds. The molecule has 122 valence electrons. The highest BCUT2D eigenvalue weighted by atomic mass is 28.5. The van der Waals surface area contributed by atoms with Gasteiger partial charge in [0, 0.05) is 21.3 Å². The third-order valence-corrected chi connectivity index (χ3v) is 11.6. The van der Waals surface area contributed by atoms with E-state index >= 15 is 0 Å². The summed E-state index contributed by atoms with van der Waals surface area (Å²) >= 11 is 0. The number of hydrogen-bond donors (Lipinski definition) is 5. The maximum absolute atomic E-state index is 9.89. The highest BCUT2D eigenvalue weighted by Crippen LogP contribution is 2.20. The van der Waals surface area contributed by atoms with Crippen molar-refractivity contribution < 1.29 is 46.7 Å². The molecule has 10 nitrogen and oxygen atoms in total. The highest BCUT2D eigenvalue weighted by Gasteiger charge is 2.55. The molecule has 0 spiro atoms. The van der Waals surface area contributed by atoms with E-state index in [-0.39, 0.29) is 0 Å². The smallest absolute Gasteiger partial charge is 0.394 e. The Kier molecular flexibility index (Phi) is 8.74. The maximum atomic E-state index is 9.89. The Morgan fingerprint density at radius 3 is 1.45 bits per heavy atom. The molecule has 0 saturated heterocycles. The second-order valence-electron chi connectivity index (χ2n) is 3.76. The summed E-state index contributed by atoms with van der Waals surface area (Å²) in [4.78, 5) is 9.89. The first-order valence-corrected chi connectivity index (χ1v) is 11.7. The van der Waals surface area contributed by atoms with Gasteiger partial charge in [-0.2, -0.15) is 0 Å². The van der Waals surface area contributed by atoms with Crippen LogP contribution in [0, 0.1) is 0 Å². The molecule has 0 heterocycles. The molecule has 0 aromatic rings. The van der Waals surface area contributed by atoms with E-state index < -0.39 is 51.1 Å². The number of hydrogen-bond acceptors (Lipinski definition) is 10. The Hall–Kier alpha value is 0.251. The number of rotatable bonds is 11. The van der Waals surface area contributed by atoms with Gasteiger partial charge in [-0.1, -0.05) is 0 Å². The minimum atomic E-state index is -4.01. The molecule has 5 N–H and O–H groups in total. The van der Waals surface area contributed by atoms with Crippen molar-refractivity contribution in [2.75, 3.05) is 46.3 Å². The quantitative estimate of drug-likeness (QED) is 0.237. The fourth-order valence-corrected chi connectivity index (χ4v) is 9.58. The Bertz CT molecular complexity index is 259. The Morgan fingerprint density at radius 1 is 0.700 bits per heavy atom. The topological polar surface area (TPSA) is 147 Å². The molecule has 1 atom stereocenters. The molecule has 0 aliphatic carbocycles. The SMILES string of the molecule is CO[Si](O)(CO)O[Si](CO)(CO)O[Si](CO)(OC)OC. The summed E-state index contributed by atoms with van der Waals surface area (Å²) < 4.78 is 25.3. The maximum Gasteiger partial charge on any atom is 0.518 e. The molecule has 13 heteroatoms. The lowest BCUT2D eigenvalue weighted by Crippen LogP contribution is -2.67. The lowest BCUT2D eigenvalue weighted by atomic mass is 11.7. The zero-order valence-corrected chi connectivity index (χ0v) is 14.6. The van der Waals surface area contributed by atoms with Gasteiger partial charge >= 0.3 is 26.2 Å². The second-order valence-corrected chi connectivity index (χ2v) is 12.5. The van der Waals surface area contributed by atoms with Crippen molar-refractivity contribution in [3.05, 3.63) is 0 Å². The van der Waals surface area contributed by atoms with E-state index in [0.717, 1.165) is 7.11 Å². The van der Waals surface area contributed by atoms with Crippen LogP contribution in [0.1, 0.15) is 0 Å².